The normalized spacial score (nSPS) is 19.2. The smallest absolute Gasteiger partial charge is 0.162 e. The number of hydrogen-bond acceptors (Lipinski definition) is 8. The van der Waals surface area contributed by atoms with Crippen LogP contribution in [0.25, 0.3) is 0 Å². The van der Waals surface area contributed by atoms with Crippen LogP contribution in [0.1, 0.15) is 29.8 Å². The average Bonchev–Trinajstić information content (AvgIpc) is 2.76. The van der Waals surface area contributed by atoms with Crippen molar-refractivity contribution in [3.8, 4) is 11.5 Å². The maximum atomic E-state index is 13.5. The van der Waals surface area contributed by atoms with E-state index in [2.05, 4.69) is 11.6 Å². The molecule has 2 unspecified atom stereocenters. The van der Waals surface area contributed by atoms with Gasteiger partial charge in [-0.3, -0.25) is 9.78 Å². The number of aromatic nitrogens is 1. The zero-order valence-electron chi connectivity index (χ0n) is 18.3. The minimum atomic E-state index is -1.56. The lowest BCUT2D eigenvalue weighted by molar-refractivity contribution is -0.113. The average molecular weight is 457 g/mol. The molecule has 2 atom stereocenters. The van der Waals surface area contributed by atoms with E-state index in [0.29, 0.717) is 22.6 Å². The Hall–Kier alpha value is -3.85. The van der Waals surface area contributed by atoms with E-state index in [0.717, 1.165) is 12.3 Å². The number of aliphatic hydroxyl groups excluding tert-OH is 3. The van der Waals surface area contributed by atoms with E-state index >= 15 is 0 Å². The first-order chi connectivity index (χ1) is 15.6. The molecule has 3 N–H and O–H groups in total. The number of rotatable bonds is 7. The third-order valence-corrected chi connectivity index (χ3v) is 4.94. The van der Waals surface area contributed by atoms with E-state index in [4.69, 9.17) is 14.2 Å². The van der Waals surface area contributed by atoms with Gasteiger partial charge in [0.1, 0.15) is 29.7 Å². The number of benzene rings is 1. The molecule has 0 saturated carbocycles. The van der Waals surface area contributed by atoms with Crippen molar-refractivity contribution in [2.45, 2.75) is 32.7 Å². The molecule has 1 aromatic carbocycles. The second-order valence-corrected chi connectivity index (χ2v) is 7.43. The first kappa shape index (κ1) is 23.8. The molecule has 9 heteroatoms. The van der Waals surface area contributed by atoms with Crippen molar-refractivity contribution in [1.29, 1.82) is 0 Å². The number of carbonyl (C=O) groups excluding carboxylic acids is 1. The van der Waals surface area contributed by atoms with Crippen molar-refractivity contribution >= 4 is 5.78 Å². The molecule has 2 aromatic rings. The third-order valence-electron chi connectivity index (χ3n) is 4.94. The van der Waals surface area contributed by atoms with Crippen molar-refractivity contribution in [2.24, 2.45) is 0 Å². The van der Waals surface area contributed by atoms with Crippen LogP contribution in [-0.2, 0) is 16.1 Å². The number of hydrogen-bond donors (Lipinski definition) is 3. The number of ketones is 1. The van der Waals surface area contributed by atoms with Gasteiger partial charge in [0.25, 0.3) is 0 Å². The van der Waals surface area contributed by atoms with Gasteiger partial charge in [-0.05, 0) is 43.2 Å². The van der Waals surface area contributed by atoms with Crippen molar-refractivity contribution in [3.63, 3.8) is 0 Å². The molecule has 8 nitrogen and oxygen atoms in total. The molecule has 0 fully saturated rings. The molecule has 1 aromatic heterocycles. The van der Waals surface area contributed by atoms with Gasteiger partial charge in [-0.1, -0.05) is 12.6 Å². The highest BCUT2D eigenvalue weighted by Gasteiger charge is 2.37. The van der Waals surface area contributed by atoms with Crippen LogP contribution < -0.4 is 9.47 Å². The van der Waals surface area contributed by atoms with Crippen LogP contribution in [0, 0.1) is 12.7 Å². The summed E-state index contributed by atoms with van der Waals surface area (Å²) in [5.41, 5.74) is 1.06. The molecule has 0 radical (unpaired) electrons. The Labute approximate surface area is 189 Å². The maximum absolute atomic E-state index is 13.5. The molecular weight excluding hydrogens is 433 g/mol. The van der Waals surface area contributed by atoms with E-state index in [-0.39, 0.29) is 23.7 Å². The highest BCUT2D eigenvalue weighted by molar-refractivity contribution is 5.88. The maximum Gasteiger partial charge on any atom is 0.162 e. The van der Waals surface area contributed by atoms with Crippen LogP contribution in [0.5, 0.6) is 11.5 Å². The first-order valence-corrected chi connectivity index (χ1v) is 9.92. The number of aryl methyl sites for hydroxylation is 1. The molecular formula is C24H24FNO7. The number of nitrogens with zero attached hydrogens (tertiary/aromatic N) is 1. The number of ether oxygens (including phenoxy) is 3. The minimum absolute atomic E-state index is 0.0180. The Balaban J connectivity index is 1.95. The summed E-state index contributed by atoms with van der Waals surface area (Å²) in [6.45, 7) is 6.26. The number of pyridine rings is 1. The topological polar surface area (TPSA) is 118 Å². The number of allylic oxidation sites excluding steroid dienone is 1. The predicted octanol–water partition coefficient (Wildman–Crippen LogP) is 3.91. The first-order valence-electron chi connectivity index (χ1n) is 9.92. The van der Waals surface area contributed by atoms with Gasteiger partial charge in [0.15, 0.2) is 29.5 Å². The van der Waals surface area contributed by atoms with Gasteiger partial charge in [-0.15, -0.1) is 0 Å². The Bertz CT molecular complexity index is 1160. The quantitative estimate of drug-likeness (QED) is 0.423. The van der Waals surface area contributed by atoms with Gasteiger partial charge >= 0.3 is 0 Å². The summed E-state index contributed by atoms with van der Waals surface area (Å²) in [7, 11) is 1.45. The number of halogens is 1. The third kappa shape index (κ3) is 5.15. The van der Waals surface area contributed by atoms with Gasteiger partial charge in [-0.2, -0.15) is 0 Å². The number of carbonyl (C=O) groups is 1. The largest absolute Gasteiger partial charge is 0.508 e. The molecule has 1 aliphatic heterocycles. The summed E-state index contributed by atoms with van der Waals surface area (Å²) in [5, 5.41) is 30.9. The molecule has 2 heterocycles. The number of aliphatic hydroxyl groups is 3. The molecule has 0 bridgehead atoms. The number of methoxy groups -OCH3 is 1. The summed E-state index contributed by atoms with van der Waals surface area (Å²) < 4.78 is 30.4. The van der Waals surface area contributed by atoms with Crippen molar-refractivity contribution in [1.82, 2.24) is 4.98 Å². The lowest BCUT2D eigenvalue weighted by atomic mass is 9.95. The SMILES string of the molecule is C=C(O)C1=C(O)C(O)C(c2ccc(OC)c(OCc3cc(C)c(F)cn3)c2)OC1=CC(C)=O. The van der Waals surface area contributed by atoms with Gasteiger partial charge < -0.3 is 29.5 Å². The Kier molecular flexibility index (Phi) is 7.03. The molecule has 1 aliphatic rings. The van der Waals surface area contributed by atoms with Gasteiger partial charge in [0.2, 0.25) is 0 Å². The Morgan fingerprint density at radius 2 is 2.06 bits per heavy atom. The summed E-state index contributed by atoms with van der Waals surface area (Å²) in [5.74, 6) is -1.43. The molecule has 0 amide bonds. The van der Waals surface area contributed by atoms with Crippen molar-refractivity contribution < 1.29 is 38.7 Å². The second kappa shape index (κ2) is 9.74. The van der Waals surface area contributed by atoms with Crippen LogP contribution in [0.15, 0.2) is 66.0 Å². The molecule has 0 spiro atoms. The predicted molar refractivity (Wildman–Crippen MR) is 116 cm³/mol. The summed E-state index contributed by atoms with van der Waals surface area (Å²) >= 11 is 0. The standard InChI is InChI=1S/C24H24FNO7/c1-12-7-16(26-10-17(12)25)11-32-19-9-15(5-6-18(19)31-4)24-23(30)22(29)21(14(3)28)20(33-24)8-13(2)27/h5-10,23-24,28-30H,3,11H2,1-2,4H3. The summed E-state index contributed by atoms with van der Waals surface area (Å²) in [4.78, 5) is 15.6. The molecule has 0 saturated heterocycles. The second-order valence-electron chi connectivity index (χ2n) is 7.43. The molecule has 0 aliphatic carbocycles. The van der Waals surface area contributed by atoms with Crippen molar-refractivity contribution in [2.75, 3.05) is 7.11 Å². The lowest BCUT2D eigenvalue weighted by Crippen LogP contribution is -2.30. The molecule has 3 rings (SSSR count). The molecule has 174 valence electrons. The monoisotopic (exact) mass is 457 g/mol. The lowest BCUT2D eigenvalue weighted by Gasteiger charge is -2.32. The van der Waals surface area contributed by atoms with E-state index in [1.54, 1.807) is 31.2 Å². The fourth-order valence-corrected chi connectivity index (χ4v) is 3.32. The highest BCUT2D eigenvalue weighted by Crippen LogP contribution is 2.41. The summed E-state index contributed by atoms with van der Waals surface area (Å²) in [6.07, 6.45) is -0.498. The van der Waals surface area contributed by atoms with Crippen LogP contribution >= 0.6 is 0 Å². The summed E-state index contributed by atoms with van der Waals surface area (Å²) in [6, 6.07) is 6.28. The van der Waals surface area contributed by atoms with Gasteiger partial charge in [-0.25, -0.2) is 4.39 Å². The Morgan fingerprint density at radius 3 is 2.67 bits per heavy atom. The highest BCUT2D eigenvalue weighted by atomic mass is 19.1. The fraction of sp³-hybridized carbons (Fsp3) is 0.250. The van der Waals surface area contributed by atoms with Gasteiger partial charge in [0.05, 0.1) is 24.6 Å². The van der Waals surface area contributed by atoms with Crippen molar-refractivity contribution in [3.05, 3.63) is 88.6 Å². The van der Waals surface area contributed by atoms with Crippen LogP contribution in [-0.4, -0.2) is 39.3 Å². The Morgan fingerprint density at radius 1 is 1.33 bits per heavy atom. The zero-order valence-corrected chi connectivity index (χ0v) is 18.3. The zero-order chi connectivity index (χ0) is 24.3. The van der Waals surface area contributed by atoms with Crippen LogP contribution in [0.4, 0.5) is 4.39 Å². The van der Waals surface area contributed by atoms with E-state index in [1.807, 2.05) is 0 Å². The van der Waals surface area contributed by atoms with Crippen LogP contribution in [0.2, 0.25) is 0 Å². The van der Waals surface area contributed by atoms with Crippen LogP contribution in [0.3, 0.4) is 0 Å². The minimum Gasteiger partial charge on any atom is -0.508 e. The fourth-order valence-electron chi connectivity index (χ4n) is 3.32. The molecule has 33 heavy (non-hydrogen) atoms. The van der Waals surface area contributed by atoms with E-state index in [1.165, 1.54) is 14.0 Å². The van der Waals surface area contributed by atoms with E-state index < -0.39 is 35.3 Å². The van der Waals surface area contributed by atoms with E-state index in [9.17, 15) is 24.5 Å². The van der Waals surface area contributed by atoms with Gasteiger partial charge in [0, 0.05) is 6.08 Å².